The van der Waals surface area contributed by atoms with Gasteiger partial charge in [0.05, 0.1) is 6.04 Å². The Balaban J connectivity index is 1.66. The number of hydrogen-bond donors (Lipinski definition) is 2. The van der Waals surface area contributed by atoms with Gasteiger partial charge in [-0.1, -0.05) is 36.4 Å². The van der Waals surface area contributed by atoms with E-state index in [9.17, 15) is 9.59 Å². The van der Waals surface area contributed by atoms with Gasteiger partial charge in [0.25, 0.3) is 0 Å². The lowest BCUT2D eigenvalue weighted by molar-refractivity contribution is -0.136. The summed E-state index contributed by atoms with van der Waals surface area (Å²) in [6.07, 6.45) is 4.69. The first-order valence-corrected chi connectivity index (χ1v) is 9.25. The van der Waals surface area contributed by atoms with Gasteiger partial charge < -0.3 is 10.6 Å². The molecule has 2 amide bonds. The van der Waals surface area contributed by atoms with Crippen LogP contribution in [0.4, 0.5) is 5.69 Å². The monoisotopic (exact) mass is 350 g/mol. The van der Waals surface area contributed by atoms with Crippen molar-refractivity contribution in [3.8, 4) is 0 Å². The lowest BCUT2D eigenvalue weighted by atomic mass is 9.89. The van der Waals surface area contributed by atoms with Crippen molar-refractivity contribution in [2.75, 3.05) is 5.32 Å². The van der Waals surface area contributed by atoms with Crippen LogP contribution in [0.25, 0.3) is 0 Å². The Labute approximate surface area is 155 Å². The maximum absolute atomic E-state index is 12.3. The number of benzene rings is 2. The zero-order chi connectivity index (χ0) is 18.7. The molecular weight excluding hydrogens is 324 g/mol. The third-order valence-corrected chi connectivity index (χ3v) is 5.15. The normalized spacial score (nSPS) is 14.3. The Morgan fingerprint density at radius 3 is 2.27 bits per heavy atom. The molecule has 1 atom stereocenters. The van der Waals surface area contributed by atoms with Crippen molar-refractivity contribution in [1.82, 2.24) is 5.32 Å². The summed E-state index contributed by atoms with van der Waals surface area (Å²) in [7, 11) is 0. The highest BCUT2D eigenvalue weighted by molar-refractivity contribution is 6.39. The maximum atomic E-state index is 12.3. The molecule has 0 aliphatic heterocycles. The van der Waals surface area contributed by atoms with Crippen LogP contribution in [0.5, 0.6) is 0 Å². The molecule has 0 fully saturated rings. The number of carbonyl (C=O) groups excluding carboxylic acids is 2. The molecule has 3 rings (SSSR count). The number of hydrogen-bond acceptors (Lipinski definition) is 2. The molecule has 0 heterocycles. The summed E-state index contributed by atoms with van der Waals surface area (Å²) < 4.78 is 0. The van der Waals surface area contributed by atoms with Gasteiger partial charge in [-0.05, 0) is 74.3 Å². The van der Waals surface area contributed by atoms with Crippen molar-refractivity contribution in [3.05, 3.63) is 64.2 Å². The summed E-state index contributed by atoms with van der Waals surface area (Å²) in [5, 5.41) is 5.54. The quantitative estimate of drug-likeness (QED) is 0.822. The number of carbonyl (C=O) groups is 2. The number of aryl methyl sites for hydroxylation is 4. The van der Waals surface area contributed by atoms with Crippen LogP contribution in [0.15, 0.2) is 36.4 Å². The van der Waals surface area contributed by atoms with Gasteiger partial charge in [0.15, 0.2) is 0 Å². The predicted molar refractivity (Wildman–Crippen MR) is 104 cm³/mol. The molecule has 2 aromatic carbocycles. The third-order valence-electron chi connectivity index (χ3n) is 5.15. The van der Waals surface area contributed by atoms with Gasteiger partial charge in [0.1, 0.15) is 0 Å². The minimum absolute atomic E-state index is 0.210. The molecule has 0 radical (unpaired) electrons. The Hall–Kier alpha value is -2.62. The highest BCUT2D eigenvalue weighted by Crippen LogP contribution is 2.25. The molecule has 1 aliphatic carbocycles. The van der Waals surface area contributed by atoms with Crippen molar-refractivity contribution < 1.29 is 9.59 Å². The van der Waals surface area contributed by atoms with Crippen molar-refractivity contribution in [2.24, 2.45) is 0 Å². The van der Waals surface area contributed by atoms with Gasteiger partial charge in [0.2, 0.25) is 0 Å². The third kappa shape index (κ3) is 3.96. The van der Waals surface area contributed by atoms with Crippen LogP contribution in [0.2, 0.25) is 0 Å². The summed E-state index contributed by atoms with van der Waals surface area (Å²) in [6.45, 7) is 5.74. The molecule has 0 saturated heterocycles. The van der Waals surface area contributed by atoms with E-state index in [0.717, 1.165) is 29.5 Å². The Kier molecular flexibility index (Phi) is 5.40. The highest BCUT2D eigenvalue weighted by atomic mass is 16.2. The van der Waals surface area contributed by atoms with Crippen molar-refractivity contribution in [3.63, 3.8) is 0 Å². The first-order valence-electron chi connectivity index (χ1n) is 9.25. The second-order valence-corrected chi connectivity index (χ2v) is 7.15. The van der Waals surface area contributed by atoms with E-state index < -0.39 is 11.8 Å². The topological polar surface area (TPSA) is 58.2 Å². The minimum atomic E-state index is -0.632. The number of fused-ring (bicyclic) bond motifs is 1. The lowest BCUT2D eigenvalue weighted by Gasteiger charge is -2.20. The SMILES string of the molecule is Cc1cccc(C)c1NC(=O)C(=O)NC(C)c1ccc2c(c1)CCCC2. The smallest absolute Gasteiger partial charge is 0.313 e. The van der Waals surface area contributed by atoms with E-state index in [2.05, 4.69) is 28.8 Å². The number of anilines is 1. The van der Waals surface area contributed by atoms with Crippen molar-refractivity contribution in [2.45, 2.75) is 52.5 Å². The van der Waals surface area contributed by atoms with Crippen LogP contribution in [-0.4, -0.2) is 11.8 Å². The van der Waals surface area contributed by atoms with Gasteiger partial charge in [-0.3, -0.25) is 9.59 Å². The van der Waals surface area contributed by atoms with Gasteiger partial charge in [-0.2, -0.15) is 0 Å². The Morgan fingerprint density at radius 1 is 0.923 bits per heavy atom. The molecule has 0 aromatic heterocycles. The summed E-state index contributed by atoms with van der Waals surface area (Å²) in [5.41, 5.74) is 6.40. The van der Waals surface area contributed by atoms with E-state index in [1.54, 1.807) is 0 Å². The van der Waals surface area contributed by atoms with Crippen LogP contribution in [0.3, 0.4) is 0 Å². The van der Waals surface area contributed by atoms with Gasteiger partial charge in [0, 0.05) is 5.69 Å². The molecule has 0 spiro atoms. The van der Waals surface area contributed by atoms with Crippen LogP contribution in [-0.2, 0) is 22.4 Å². The molecule has 4 heteroatoms. The zero-order valence-electron chi connectivity index (χ0n) is 15.7. The van der Waals surface area contributed by atoms with Crippen LogP contribution >= 0.6 is 0 Å². The van der Waals surface area contributed by atoms with Crippen molar-refractivity contribution >= 4 is 17.5 Å². The van der Waals surface area contributed by atoms with Gasteiger partial charge in [-0.15, -0.1) is 0 Å². The average Bonchev–Trinajstić information content (AvgIpc) is 2.64. The van der Waals surface area contributed by atoms with E-state index in [-0.39, 0.29) is 6.04 Å². The highest BCUT2D eigenvalue weighted by Gasteiger charge is 2.19. The fourth-order valence-electron chi connectivity index (χ4n) is 3.55. The average molecular weight is 350 g/mol. The van der Waals surface area contributed by atoms with Crippen molar-refractivity contribution in [1.29, 1.82) is 0 Å². The first kappa shape index (κ1) is 18.2. The summed E-state index contributed by atoms with van der Waals surface area (Å²) in [4.78, 5) is 24.6. The maximum Gasteiger partial charge on any atom is 0.313 e. The summed E-state index contributed by atoms with van der Waals surface area (Å²) in [5.74, 6) is -1.25. The number of para-hydroxylation sites is 1. The summed E-state index contributed by atoms with van der Waals surface area (Å²) in [6, 6.07) is 11.9. The number of nitrogens with one attached hydrogen (secondary N) is 2. The molecular formula is C22H26N2O2. The number of rotatable bonds is 3. The van der Waals surface area contributed by atoms with Gasteiger partial charge >= 0.3 is 11.8 Å². The van der Waals surface area contributed by atoms with E-state index >= 15 is 0 Å². The minimum Gasteiger partial charge on any atom is -0.341 e. The second-order valence-electron chi connectivity index (χ2n) is 7.15. The largest absolute Gasteiger partial charge is 0.341 e. The molecule has 1 aliphatic rings. The molecule has 26 heavy (non-hydrogen) atoms. The Bertz CT molecular complexity index is 822. The molecule has 2 N–H and O–H groups in total. The molecule has 136 valence electrons. The molecule has 0 saturated carbocycles. The Morgan fingerprint density at radius 2 is 1.58 bits per heavy atom. The van der Waals surface area contributed by atoms with Crippen LogP contribution in [0, 0.1) is 13.8 Å². The summed E-state index contributed by atoms with van der Waals surface area (Å²) >= 11 is 0. The van der Waals surface area contributed by atoms with E-state index in [1.807, 2.05) is 39.0 Å². The second kappa shape index (κ2) is 7.73. The fourth-order valence-corrected chi connectivity index (χ4v) is 3.55. The zero-order valence-corrected chi connectivity index (χ0v) is 15.7. The molecule has 4 nitrogen and oxygen atoms in total. The van der Waals surface area contributed by atoms with Gasteiger partial charge in [-0.25, -0.2) is 0 Å². The lowest BCUT2D eigenvalue weighted by Crippen LogP contribution is -2.37. The van der Waals surface area contributed by atoms with Crippen LogP contribution in [0.1, 0.15) is 53.6 Å². The molecule has 2 aromatic rings. The molecule has 0 bridgehead atoms. The first-order chi connectivity index (χ1) is 12.5. The standard InChI is InChI=1S/C22H26N2O2/c1-14-7-6-8-15(2)20(14)24-22(26)21(25)23-16(3)18-12-11-17-9-4-5-10-19(17)13-18/h6-8,11-13,16H,4-5,9-10H2,1-3H3,(H,23,25)(H,24,26). The fraction of sp³-hybridized carbons (Fsp3) is 0.364. The predicted octanol–water partition coefficient (Wildman–Crippen LogP) is 4.00. The van der Waals surface area contributed by atoms with E-state index in [0.29, 0.717) is 5.69 Å². The van der Waals surface area contributed by atoms with E-state index in [1.165, 1.54) is 24.0 Å². The van der Waals surface area contributed by atoms with E-state index in [4.69, 9.17) is 0 Å². The van der Waals surface area contributed by atoms with Crippen LogP contribution < -0.4 is 10.6 Å². The number of amides is 2. The molecule has 1 unspecified atom stereocenters.